The van der Waals surface area contributed by atoms with Crippen LogP contribution in [0.2, 0.25) is 0 Å². The van der Waals surface area contributed by atoms with Gasteiger partial charge in [0.1, 0.15) is 0 Å². The summed E-state index contributed by atoms with van der Waals surface area (Å²) < 4.78 is 0. The van der Waals surface area contributed by atoms with Gasteiger partial charge in [0.15, 0.2) is 0 Å². The highest BCUT2D eigenvalue weighted by Crippen LogP contribution is 2.18. The van der Waals surface area contributed by atoms with Gasteiger partial charge in [-0.05, 0) is 24.6 Å². The van der Waals surface area contributed by atoms with Crippen LogP contribution in [-0.4, -0.2) is 36.2 Å². The first kappa shape index (κ1) is 14.1. The fourth-order valence-corrected chi connectivity index (χ4v) is 2.60. The number of nitrogens with one attached hydrogen (secondary N) is 1. The number of hydrogen-bond acceptors (Lipinski definition) is 3. The molecular weight excluding hydrogens is 258 g/mol. The largest absolute Gasteiger partial charge is 0.379 e. The predicted molar refractivity (Wildman–Crippen MR) is 88.1 cm³/mol. The molecule has 2 heterocycles. The Labute approximate surface area is 127 Å². The van der Waals surface area contributed by atoms with Crippen molar-refractivity contribution in [3.05, 3.63) is 66.2 Å². The Morgan fingerprint density at radius 2 is 1.24 bits per heavy atom. The van der Waals surface area contributed by atoms with Crippen LogP contribution in [0, 0.1) is 0 Å². The molecule has 2 aliphatic rings. The Kier molecular flexibility index (Phi) is 4.53. The van der Waals surface area contributed by atoms with E-state index in [1.165, 1.54) is 31.7 Å². The molecule has 0 amide bonds. The highest BCUT2D eigenvalue weighted by atomic mass is 15.7. The van der Waals surface area contributed by atoms with E-state index in [9.17, 15) is 0 Å². The molecule has 0 saturated carbocycles. The van der Waals surface area contributed by atoms with Crippen molar-refractivity contribution < 1.29 is 0 Å². The predicted octanol–water partition coefficient (Wildman–Crippen LogP) is 3.39. The number of piperazine rings is 1. The molecule has 2 aromatic rings. The molecule has 1 unspecified atom stereocenters. The maximum atomic E-state index is 3.46. The van der Waals surface area contributed by atoms with E-state index in [0.717, 1.165) is 5.69 Å². The maximum Gasteiger partial charge on any atom is 0.0485 e. The SMILES string of the molecule is C1CN2CCN12.CC(Nc1ccccc1)c1ccccc1. The third kappa shape index (κ3) is 3.63. The van der Waals surface area contributed by atoms with Gasteiger partial charge >= 0.3 is 0 Å². The number of hydrazine groups is 1. The van der Waals surface area contributed by atoms with Crippen LogP contribution in [-0.2, 0) is 0 Å². The first-order valence-electron chi connectivity index (χ1n) is 7.69. The number of hydrogen-bond donors (Lipinski definition) is 1. The number of nitrogens with zero attached hydrogens (tertiary/aromatic N) is 2. The number of benzene rings is 2. The second-order valence-electron chi connectivity index (χ2n) is 5.55. The molecule has 110 valence electrons. The molecule has 2 fully saturated rings. The van der Waals surface area contributed by atoms with Crippen LogP contribution in [0.25, 0.3) is 0 Å². The molecular formula is C18H23N3. The van der Waals surface area contributed by atoms with Crippen LogP contribution in [0.1, 0.15) is 18.5 Å². The van der Waals surface area contributed by atoms with E-state index in [1.54, 1.807) is 0 Å². The molecule has 2 saturated heterocycles. The van der Waals surface area contributed by atoms with Crippen molar-refractivity contribution in [2.75, 3.05) is 31.5 Å². The van der Waals surface area contributed by atoms with Gasteiger partial charge in [-0.2, -0.15) is 0 Å². The summed E-state index contributed by atoms with van der Waals surface area (Å²) in [5.74, 6) is 0. The van der Waals surface area contributed by atoms with E-state index >= 15 is 0 Å². The fraction of sp³-hybridized carbons (Fsp3) is 0.333. The van der Waals surface area contributed by atoms with Crippen LogP contribution in [0.3, 0.4) is 0 Å². The first-order chi connectivity index (χ1) is 10.3. The average Bonchev–Trinajstić information content (AvgIpc) is 2.53. The lowest BCUT2D eigenvalue weighted by Crippen LogP contribution is -2.68. The van der Waals surface area contributed by atoms with Crippen LogP contribution >= 0.6 is 0 Å². The first-order valence-corrected chi connectivity index (χ1v) is 7.69. The van der Waals surface area contributed by atoms with Gasteiger partial charge in [0.05, 0.1) is 0 Å². The highest BCUT2D eigenvalue weighted by Gasteiger charge is 2.32. The van der Waals surface area contributed by atoms with Crippen LogP contribution in [0.15, 0.2) is 60.7 Å². The van der Waals surface area contributed by atoms with E-state index in [-0.39, 0.29) is 0 Å². The molecule has 0 aliphatic carbocycles. The van der Waals surface area contributed by atoms with Crippen LogP contribution < -0.4 is 5.32 Å². The summed E-state index contributed by atoms with van der Waals surface area (Å²) in [4.78, 5) is 0. The number of para-hydroxylation sites is 1. The van der Waals surface area contributed by atoms with Gasteiger partial charge in [0.25, 0.3) is 0 Å². The fourth-order valence-electron chi connectivity index (χ4n) is 2.60. The summed E-state index contributed by atoms with van der Waals surface area (Å²) in [6.45, 7) is 7.45. The highest BCUT2D eigenvalue weighted by molar-refractivity contribution is 5.44. The summed E-state index contributed by atoms with van der Waals surface area (Å²) >= 11 is 0. The smallest absolute Gasteiger partial charge is 0.0485 e. The second-order valence-corrected chi connectivity index (χ2v) is 5.55. The molecule has 0 bridgehead atoms. The molecule has 0 spiro atoms. The van der Waals surface area contributed by atoms with Crippen molar-refractivity contribution >= 4 is 5.69 Å². The zero-order valence-corrected chi connectivity index (χ0v) is 12.6. The van der Waals surface area contributed by atoms with Crippen molar-refractivity contribution in [2.24, 2.45) is 0 Å². The minimum absolute atomic E-state index is 0.341. The van der Waals surface area contributed by atoms with E-state index in [2.05, 4.69) is 58.7 Å². The summed E-state index contributed by atoms with van der Waals surface area (Å²) in [6.07, 6.45) is 0. The molecule has 0 aromatic heterocycles. The summed E-state index contributed by atoms with van der Waals surface area (Å²) in [7, 11) is 0. The Morgan fingerprint density at radius 3 is 1.67 bits per heavy atom. The number of anilines is 1. The third-order valence-corrected chi connectivity index (χ3v) is 4.09. The Balaban J connectivity index is 0.000000180. The lowest BCUT2D eigenvalue weighted by atomic mass is 10.1. The van der Waals surface area contributed by atoms with Crippen molar-refractivity contribution in [2.45, 2.75) is 13.0 Å². The molecule has 21 heavy (non-hydrogen) atoms. The molecule has 3 heteroatoms. The van der Waals surface area contributed by atoms with E-state index < -0.39 is 0 Å². The van der Waals surface area contributed by atoms with Crippen molar-refractivity contribution in [1.29, 1.82) is 0 Å². The minimum Gasteiger partial charge on any atom is -0.379 e. The van der Waals surface area contributed by atoms with Gasteiger partial charge in [-0.15, -0.1) is 0 Å². The second kappa shape index (κ2) is 6.74. The molecule has 4 rings (SSSR count). The standard InChI is InChI=1S/C14H15N.C4H8N2/c1-12(13-8-4-2-5-9-13)15-14-10-6-3-7-11-14;1-2-6-4-3-5(1)6/h2-12,15H,1H3;1-4H2. The van der Waals surface area contributed by atoms with Gasteiger partial charge in [0, 0.05) is 37.9 Å². The quantitative estimate of drug-likeness (QED) is 0.930. The van der Waals surface area contributed by atoms with Gasteiger partial charge < -0.3 is 5.32 Å². The van der Waals surface area contributed by atoms with Crippen molar-refractivity contribution in [3.63, 3.8) is 0 Å². The minimum atomic E-state index is 0.341. The number of fused-ring (bicyclic) bond motifs is 1. The molecule has 2 aliphatic heterocycles. The Hall–Kier alpha value is -1.84. The van der Waals surface area contributed by atoms with Gasteiger partial charge in [0.2, 0.25) is 0 Å². The molecule has 3 nitrogen and oxygen atoms in total. The molecule has 1 N–H and O–H groups in total. The summed E-state index contributed by atoms with van der Waals surface area (Å²) in [6, 6.07) is 21.1. The van der Waals surface area contributed by atoms with Gasteiger partial charge in [-0.3, -0.25) is 0 Å². The average molecular weight is 281 g/mol. The summed E-state index contributed by atoms with van der Waals surface area (Å²) in [5, 5.41) is 8.18. The van der Waals surface area contributed by atoms with Crippen LogP contribution in [0.5, 0.6) is 0 Å². The van der Waals surface area contributed by atoms with E-state index in [4.69, 9.17) is 0 Å². The van der Waals surface area contributed by atoms with Crippen LogP contribution in [0.4, 0.5) is 5.69 Å². The van der Waals surface area contributed by atoms with Gasteiger partial charge in [-0.1, -0.05) is 48.5 Å². The normalized spacial score (nSPS) is 18.3. The third-order valence-electron chi connectivity index (χ3n) is 4.09. The zero-order valence-electron chi connectivity index (χ0n) is 12.6. The summed E-state index contributed by atoms with van der Waals surface area (Å²) in [5.41, 5.74) is 2.47. The molecule has 1 atom stereocenters. The maximum absolute atomic E-state index is 3.46. The topological polar surface area (TPSA) is 18.5 Å². The zero-order chi connectivity index (χ0) is 14.5. The molecule has 0 radical (unpaired) electrons. The van der Waals surface area contributed by atoms with Gasteiger partial charge in [-0.25, -0.2) is 10.0 Å². The van der Waals surface area contributed by atoms with E-state index in [1.807, 2.05) is 24.3 Å². The van der Waals surface area contributed by atoms with Crippen molar-refractivity contribution in [1.82, 2.24) is 10.0 Å². The Morgan fingerprint density at radius 1 is 0.762 bits per heavy atom. The van der Waals surface area contributed by atoms with Crippen molar-refractivity contribution in [3.8, 4) is 0 Å². The molecule has 2 aromatic carbocycles. The van der Waals surface area contributed by atoms with E-state index in [0.29, 0.717) is 6.04 Å². The lowest BCUT2D eigenvalue weighted by molar-refractivity contribution is -0.189. The lowest BCUT2D eigenvalue weighted by Gasteiger charge is -2.52. The Bertz CT molecular complexity index is 523. The number of rotatable bonds is 3. The monoisotopic (exact) mass is 281 g/mol.